The minimum Gasteiger partial charge on any atom is -0.415 e. The summed E-state index contributed by atoms with van der Waals surface area (Å²) in [6.07, 6.45) is 16.3. The van der Waals surface area contributed by atoms with E-state index >= 15 is 0 Å². The van der Waals surface area contributed by atoms with Crippen LogP contribution in [0.1, 0.15) is 104 Å². The molecule has 0 heterocycles. The fourth-order valence-electron chi connectivity index (χ4n) is 7.01. The number of unbranched alkanes of at least 4 members (excludes halogenated alkanes) is 9. The lowest BCUT2D eigenvalue weighted by atomic mass is 9.96. The van der Waals surface area contributed by atoms with Crippen molar-refractivity contribution in [3.05, 3.63) is 0 Å². The zero-order chi connectivity index (χ0) is 43.6. The SMILES string of the molecule is CCCCCC[C@H](O[Si](C)(C)C)[C@H](CCCCCCCCC[C@H](O[Si](C)(C)C)[C@H](O[Si](C)(C)C)[C@H](O[Si](C)(C)C)[C@H](CO[Si](C)(C)C)NC(C)=O)O[Si](C)(C)C. The van der Waals surface area contributed by atoms with E-state index in [-0.39, 0.29) is 42.5 Å². The van der Waals surface area contributed by atoms with Gasteiger partial charge in [0.15, 0.2) is 49.9 Å². The van der Waals surface area contributed by atoms with E-state index in [0.717, 1.165) is 25.7 Å². The molecular weight excluding hydrogens is 799 g/mol. The molecule has 0 fully saturated rings. The zero-order valence-electron chi connectivity index (χ0n) is 40.9. The summed E-state index contributed by atoms with van der Waals surface area (Å²) in [6, 6.07) is -0.325. The van der Waals surface area contributed by atoms with Crippen molar-refractivity contribution in [2.45, 2.75) is 258 Å². The summed E-state index contributed by atoms with van der Waals surface area (Å²) in [7, 11) is -11.3. The Kier molecular flexibility index (Phi) is 26.4. The zero-order valence-corrected chi connectivity index (χ0v) is 46.9. The van der Waals surface area contributed by atoms with Gasteiger partial charge in [0.25, 0.3) is 0 Å². The Hall–Kier alpha value is 0.531. The first-order chi connectivity index (χ1) is 25.3. The molecule has 0 spiro atoms. The highest BCUT2D eigenvalue weighted by Gasteiger charge is 2.43. The summed E-state index contributed by atoms with van der Waals surface area (Å²) in [6.45, 7) is 45.0. The second-order valence-corrected chi connectivity index (χ2v) is 49.1. The van der Waals surface area contributed by atoms with E-state index in [2.05, 4.69) is 130 Å². The van der Waals surface area contributed by atoms with Crippen LogP contribution in [-0.2, 0) is 31.4 Å². The van der Waals surface area contributed by atoms with Gasteiger partial charge in [0.1, 0.15) is 0 Å². The first-order valence-corrected chi connectivity index (χ1v) is 43.1. The van der Waals surface area contributed by atoms with Gasteiger partial charge in [0, 0.05) is 6.92 Å². The molecule has 56 heavy (non-hydrogen) atoms. The maximum atomic E-state index is 12.7. The van der Waals surface area contributed by atoms with Crippen LogP contribution in [0.5, 0.6) is 0 Å². The fraction of sp³-hybridized carbons (Fsp3) is 0.976. The molecular formula is C42H97NO7Si6. The van der Waals surface area contributed by atoms with Gasteiger partial charge in [0.2, 0.25) is 5.91 Å². The molecule has 0 aliphatic carbocycles. The third-order valence-electron chi connectivity index (χ3n) is 8.90. The van der Waals surface area contributed by atoms with E-state index in [1.807, 2.05) is 0 Å². The summed E-state index contributed by atoms with van der Waals surface area (Å²) < 4.78 is 41.4. The van der Waals surface area contributed by atoms with Crippen molar-refractivity contribution in [1.82, 2.24) is 5.32 Å². The van der Waals surface area contributed by atoms with Crippen LogP contribution in [0.4, 0.5) is 0 Å². The Balaban J connectivity index is 5.82. The van der Waals surface area contributed by atoms with Crippen molar-refractivity contribution in [2.75, 3.05) is 6.61 Å². The number of nitrogens with one attached hydrogen (secondary N) is 1. The lowest BCUT2D eigenvalue weighted by molar-refractivity contribution is -0.122. The van der Waals surface area contributed by atoms with E-state index in [4.69, 9.17) is 26.6 Å². The maximum Gasteiger partial charge on any atom is 0.217 e. The molecule has 1 N–H and O–H groups in total. The summed E-state index contributed by atoms with van der Waals surface area (Å²) in [5, 5.41) is 3.24. The van der Waals surface area contributed by atoms with E-state index in [1.165, 1.54) is 64.2 Å². The highest BCUT2D eigenvalue weighted by atomic mass is 28.4. The minimum absolute atomic E-state index is 0.0750. The number of hydrogen-bond donors (Lipinski definition) is 1. The smallest absolute Gasteiger partial charge is 0.217 e. The normalized spacial score (nSPS) is 17.0. The second-order valence-electron chi connectivity index (χ2n) is 22.3. The lowest BCUT2D eigenvalue weighted by Crippen LogP contribution is -2.61. The van der Waals surface area contributed by atoms with Gasteiger partial charge >= 0.3 is 0 Å². The van der Waals surface area contributed by atoms with Gasteiger partial charge < -0.3 is 31.9 Å². The summed E-state index contributed by atoms with van der Waals surface area (Å²) >= 11 is 0. The van der Waals surface area contributed by atoms with Gasteiger partial charge in [-0.15, -0.1) is 0 Å². The molecule has 0 aromatic rings. The second kappa shape index (κ2) is 26.1. The highest BCUT2D eigenvalue weighted by Crippen LogP contribution is 2.30. The predicted octanol–water partition coefficient (Wildman–Crippen LogP) is 12.9. The lowest BCUT2D eigenvalue weighted by Gasteiger charge is -2.45. The van der Waals surface area contributed by atoms with Crippen molar-refractivity contribution in [3.63, 3.8) is 0 Å². The van der Waals surface area contributed by atoms with Crippen LogP contribution < -0.4 is 5.32 Å². The van der Waals surface area contributed by atoms with E-state index in [1.54, 1.807) is 6.92 Å². The standard InChI is InChI=1S/C42H97NO7Si6/c1-21-22-23-29-32-38(46-52(6,7)8)39(47-53(9,10)11)33-30-27-25-24-26-28-31-34-40(48-54(12,13)14)42(50-56(18,19)20)41(49-55(15,16)17)37(43-36(2)44)35-45-51(3,4)5/h37-42H,21-35H2,1-20H3,(H,43,44)/t37-,38-,39-,40-,41+,42-/m0/s1. The van der Waals surface area contributed by atoms with Crippen molar-refractivity contribution >= 4 is 55.8 Å². The Bertz CT molecular complexity index is 1050. The van der Waals surface area contributed by atoms with Gasteiger partial charge in [-0.3, -0.25) is 4.79 Å². The highest BCUT2D eigenvalue weighted by molar-refractivity contribution is 6.71. The quantitative estimate of drug-likeness (QED) is 0.0519. The first-order valence-electron chi connectivity index (χ1n) is 22.6. The maximum absolute atomic E-state index is 12.7. The number of hydrogen-bond acceptors (Lipinski definition) is 7. The molecule has 336 valence electrons. The largest absolute Gasteiger partial charge is 0.415 e. The van der Waals surface area contributed by atoms with E-state index < -0.39 is 49.9 Å². The average Bonchev–Trinajstić information content (AvgIpc) is 2.97. The number of carbonyl (C=O) groups is 1. The van der Waals surface area contributed by atoms with E-state index in [0.29, 0.717) is 6.61 Å². The molecule has 0 rings (SSSR count). The van der Waals surface area contributed by atoms with Gasteiger partial charge in [-0.1, -0.05) is 77.6 Å². The van der Waals surface area contributed by atoms with Crippen LogP contribution >= 0.6 is 0 Å². The van der Waals surface area contributed by atoms with E-state index in [9.17, 15) is 4.79 Å². The Labute approximate surface area is 355 Å². The predicted molar refractivity (Wildman–Crippen MR) is 258 cm³/mol. The molecule has 0 bridgehead atoms. The molecule has 0 unspecified atom stereocenters. The fourth-order valence-corrected chi connectivity index (χ4v) is 13.4. The Morgan fingerprint density at radius 3 is 1.09 bits per heavy atom. The van der Waals surface area contributed by atoms with Crippen LogP contribution in [-0.4, -0.2) is 99.0 Å². The molecule has 0 aliphatic rings. The molecule has 0 radical (unpaired) electrons. The third-order valence-corrected chi connectivity index (χ3v) is 14.9. The van der Waals surface area contributed by atoms with Crippen LogP contribution in [0.25, 0.3) is 0 Å². The molecule has 8 nitrogen and oxygen atoms in total. The van der Waals surface area contributed by atoms with Crippen molar-refractivity contribution < 1.29 is 31.4 Å². The Morgan fingerprint density at radius 1 is 0.429 bits per heavy atom. The number of amides is 1. The molecule has 6 atom stereocenters. The molecule has 1 amide bonds. The third kappa shape index (κ3) is 32.3. The van der Waals surface area contributed by atoms with Crippen LogP contribution in [0.3, 0.4) is 0 Å². The van der Waals surface area contributed by atoms with Gasteiger partial charge in [0.05, 0.1) is 43.2 Å². The van der Waals surface area contributed by atoms with Gasteiger partial charge in [-0.25, -0.2) is 0 Å². The Morgan fingerprint density at radius 2 is 0.750 bits per heavy atom. The van der Waals surface area contributed by atoms with Crippen LogP contribution in [0.2, 0.25) is 118 Å². The van der Waals surface area contributed by atoms with Crippen molar-refractivity contribution in [1.29, 1.82) is 0 Å². The number of rotatable bonds is 33. The average molecular weight is 897 g/mol. The summed E-state index contributed by atoms with van der Waals surface area (Å²) in [4.78, 5) is 12.7. The van der Waals surface area contributed by atoms with Crippen molar-refractivity contribution in [2.24, 2.45) is 0 Å². The molecule has 0 saturated heterocycles. The molecule has 0 saturated carbocycles. The van der Waals surface area contributed by atoms with Gasteiger partial charge in [-0.2, -0.15) is 0 Å². The van der Waals surface area contributed by atoms with Crippen LogP contribution in [0.15, 0.2) is 0 Å². The summed E-state index contributed by atoms with van der Waals surface area (Å²) in [5.74, 6) is -0.0750. The van der Waals surface area contributed by atoms with Crippen molar-refractivity contribution in [3.8, 4) is 0 Å². The van der Waals surface area contributed by atoms with Crippen LogP contribution in [0, 0.1) is 0 Å². The molecule has 14 heteroatoms. The number of carbonyl (C=O) groups excluding carboxylic acids is 1. The first kappa shape index (κ1) is 56.5. The molecule has 0 aliphatic heterocycles. The minimum atomic E-state index is -2.07. The molecule has 0 aromatic heterocycles. The monoisotopic (exact) mass is 896 g/mol. The van der Waals surface area contributed by atoms with Gasteiger partial charge in [-0.05, 0) is 137 Å². The molecule has 0 aromatic carbocycles. The topological polar surface area (TPSA) is 84.5 Å². The summed E-state index contributed by atoms with van der Waals surface area (Å²) in [5.41, 5.74) is 0.